The van der Waals surface area contributed by atoms with Gasteiger partial charge < -0.3 is 9.88 Å². The quantitative estimate of drug-likeness (QED) is 0.833. The number of halogens is 1. The molecular formula is C13H18ClN3O3S. The van der Waals surface area contributed by atoms with Crippen LogP contribution in [0.5, 0.6) is 0 Å². The van der Waals surface area contributed by atoms with Crippen molar-refractivity contribution in [3.05, 3.63) is 18.0 Å². The fourth-order valence-corrected chi connectivity index (χ4v) is 3.62. The third-order valence-corrected chi connectivity index (χ3v) is 5.43. The smallest absolute Gasteiger partial charge is 0.268 e. The van der Waals surface area contributed by atoms with E-state index in [9.17, 15) is 13.2 Å². The summed E-state index contributed by atoms with van der Waals surface area (Å²) in [7, 11) is 3.12. The molecule has 1 unspecified atom stereocenters. The van der Waals surface area contributed by atoms with Crippen molar-refractivity contribution < 1.29 is 13.2 Å². The molecule has 8 heteroatoms. The number of hydrogen-bond acceptors (Lipinski definition) is 4. The van der Waals surface area contributed by atoms with Crippen molar-refractivity contribution in [3.63, 3.8) is 0 Å². The molecule has 1 aromatic rings. The van der Waals surface area contributed by atoms with Gasteiger partial charge >= 0.3 is 0 Å². The normalized spacial score (nSPS) is 23.4. The molecule has 0 spiro atoms. The highest BCUT2D eigenvalue weighted by Crippen LogP contribution is 2.29. The van der Waals surface area contributed by atoms with E-state index >= 15 is 0 Å². The molecule has 2 fully saturated rings. The Hall–Kier alpha value is -1.05. The van der Waals surface area contributed by atoms with E-state index in [0.29, 0.717) is 11.7 Å². The molecule has 1 N–H and O–H groups in total. The first-order chi connectivity index (χ1) is 9.84. The van der Waals surface area contributed by atoms with E-state index in [2.05, 4.69) is 10.2 Å². The van der Waals surface area contributed by atoms with Crippen LogP contribution in [0.2, 0.25) is 0 Å². The van der Waals surface area contributed by atoms with E-state index < -0.39 is 9.05 Å². The first-order valence-electron chi connectivity index (χ1n) is 7.00. The molecule has 21 heavy (non-hydrogen) atoms. The minimum Gasteiger partial charge on any atom is -0.347 e. The maximum absolute atomic E-state index is 12.3. The molecule has 0 aromatic carbocycles. The first kappa shape index (κ1) is 14.9. The van der Waals surface area contributed by atoms with Crippen LogP contribution in [0.1, 0.15) is 29.8 Å². The van der Waals surface area contributed by atoms with E-state index in [0.717, 1.165) is 19.5 Å². The van der Waals surface area contributed by atoms with Crippen LogP contribution in [-0.2, 0) is 16.1 Å². The summed E-state index contributed by atoms with van der Waals surface area (Å²) in [6.07, 6.45) is 4.81. The van der Waals surface area contributed by atoms with Gasteiger partial charge in [0.15, 0.2) is 0 Å². The molecule has 116 valence electrons. The number of nitrogens with zero attached hydrogens (tertiary/aromatic N) is 2. The van der Waals surface area contributed by atoms with Crippen molar-refractivity contribution in [2.75, 3.05) is 13.1 Å². The van der Waals surface area contributed by atoms with Gasteiger partial charge in [-0.2, -0.15) is 0 Å². The number of carbonyl (C=O) groups is 1. The minimum absolute atomic E-state index is 0.0529. The molecule has 1 aliphatic carbocycles. The van der Waals surface area contributed by atoms with Crippen LogP contribution in [0.15, 0.2) is 17.2 Å². The lowest BCUT2D eigenvalue weighted by atomic mass is 10.2. The summed E-state index contributed by atoms with van der Waals surface area (Å²) in [6.45, 7) is 1.89. The summed E-state index contributed by atoms with van der Waals surface area (Å²) < 4.78 is 24.1. The summed E-state index contributed by atoms with van der Waals surface area (Å²) in [5.41, 5.74) is 0.305. The van der Waals surface area contributed by atoms with Crippen LogP contribution in [0.3, 0.4) is 0 Å². The largest absolute Gasteiger partial charge is 0.347 e. The predicted molar refractivity (Wildman–Crippen MR) is 78.9 cm³/mol. The highest BCUT2D eigenvalue weighted by molar-refractivity contribution is 8.13. The summed E-state index contributed by atoms with van der Waals surface area (Å²) >= 11 is 0. The van der Waals surface area contributed by atoms with Crippen molar-refractivity contribution in [3.8, 4) is 0 Å². The molecule has 1 aromatic heterocycles. The monoisotopic (exact) mass is 331 g/mol. The van der Waals surface area contributed by atoms with E-state index in [4.69, 9.17) is 10.7 Å². The van der Waals surface area contributed by atoms with Crippen molar-refractivity contribution in [2.45, 2.75) is 36.2 Å². The molecular weight excluding hydrogens is 314 g/mol. The molecule has 1 aliphatic heterocycles. The van der Waals surface area contributed by atoms with Gasteiger partial charge in [0, 0.05) is 49.1 Å². The SMILES string of the molecule is Cn1cc(S(=O)(=O)Cl)cc1C(=O)NC1CCN(C2CC2)C1. The van der Waals surface area contributed by atoms with Crippen molar-refractivity contribution >= 4 is 25.6 Å². The Kier molecular flexibility index (Phi) is 3.75. The second-order valence-electron chi connectivity index (χ2n) is 5.79. The van der Waals surface area contributed by atoms with Gasteiger partial charge in [0.05, 0.1) is 0 Å². The fourth-order valence-electron chi connectivity index (χ4n) is 2.83. The van der Waals surface area contributed by atoms with E-state index in [1.165, 1.54) is 29.7 Å². The van der Waals surface area contributed by atoms with E-state index in [1.807, 2.05) is 0 Å². The number of nitrogens with one attached hydrogen (secondary N) is 1. The zero-order chi connectivity index (χ0) is 15.2. The van der Waals surface area contributed by atoms with Gasteiger partial charge in [-0.1, -0.05) is 0 Å². The number of amides is 1. The predicted octanol–water partition coefficient (Wildman–Crippen LogP) is 0.919. The number of aryl methyl sites for hydroxylation is 1. The number of carbonyl (C=O) groups excluding carboxylic acids is 1. The molecule has 2 heterocycles. The maximum atomic E-state index is 12.3. The van der Waals surface area contributed by atoms with Crippen LogP contribution < -0.4 is 5.32 Å². The minimum atomic E-state index is -3.81. The lowest BCUT2D eigenvalue weighted by molar-refractivity contribution is 0.0929. The van der Waals surface area contributed by atoms with Crippen molar-refractivity contribution in [1.29, 1.82) is 0 Å². The van der Waals surface area contributed by atoms with E-state index in [-0.39, 0.29) is 16.8 Å². The molecule has 3 rings (SSSR count). The Morgan fingerprint density at radius 2 is 2.10 bits per heavy atom. The second-order valence-corrected chi connectivity index (χ2v) is 8.36. The van der Waals surface area contributed by atoms with Gasteiger partial charge in [0.25, 0.3) is 15.0 Å². The second kappa shape index (κ2) is 5.30. The molecule has 1 atom stereocenters. The van der Waals surface area contributed by atoms with E-state index in [1.54, 1.807) is 7.05 Å². The van der Waals surface area contributed by atoms with Crippen LogP contribution in [0, 0.1) is 0 Å². The zero-order valence-corrected chi connectivity index (χ0v) is 13.3. The number of likely N-dealkylation sites (tertiary alicyclic amines) is 1. The lowest BCUT2D eigenvalue weighted by Gasteiger charge is -2.15. The van der Waals surface area contributed by atoms with Gasteiger partial charge in [-0.3, -0.25) is 9.69 Å². The molecule has 6 nitrogen and oxygen atoms in total. The zero-order valence-electron chi connectivity index (χ0n) is 11.8. The van der Waals surface area contributed by atoms with Crippen LogP contribution in [0.25, 0.3) is 0 Å². The van der Waals surface area contributed by atoms with Gasteiger partial charge in [-0.15, -0.1) is 0 Å². The Labute approximate surface area is 128 Å². The van der Waals surface area contributed by atoms with Gasteiger partial charge in [0.2, 0.25) is 0 Å². The molecule has 2 aliphatic rings. The third kappa shape index (κ3) is 3.25. The lowest BCUT2D eigenvalue weighted by Crippen LogP contribution is -2.38. The summed E-state index contributed by atoms with van der Waals surface area (Å²) in [4.78, 5) is 14.6. The summed E-state index contributed by atoms with van der Waals surface area (Å²) in [6, 6.07) is 2.14. The average Bonchev–Trinajstić information content (AvgIpc) is 3.00. The van der Waals surface area contributed by atoms with Crippen LogP contribution >= 0.6 is 10.7 Å². The van der Waals surface area contributed by atoms with Gasteiger partial charge in [-0.05, 0) is 25.3 Å². The fraction of sp³-hybridized carbons (Fsp3) is 0.615. The summed E-state index contributed by atoms with van der Waals surface area (Å²) in [5.74, 6) is -0.258. The van der Waals surface area contributed by atoms with Gasteiger partial charge in [0.1, 0.15) is 10.6 Å². The topological polar surface area (TPSA) is 71.4 Å². The highest BCUT2D eigenvalue weighted by Gasteiger charge is 2.35. The molecule has 0 radical (unpaired) electrons. The number of aromatic nitrogens is 1. The maximum Gasteiger partial charge on any atom is 0.268 e. The van der Waals surface area contributed by atoms with Crippen molar-refractivity contribution in [1.82, 2.24) is 14.8 Å². The Balaban J connectivity index is 1.67. The molecule has 1 saturated heterocycles. The molecule has 1 saturated carbocycles. The Bertz CT molecular complexity index is 666. The number of rotatable bonds is 4. The average molecular weight is 332 g/mol. The molecule has 1 amide bonds. The van der Waals surface area contributed by atoms with Gasteiger partial charge in [-0.25, -0.2) is 8.42 Å². The van der Waals surface area contributed by atoms with Crippen LogP contribution in [-0.4, -0.2) is 49.0 Å². The first-order valence-corrected chi connectivity index (χ1v) is 9.31. The highest BCUT2D eigenvalue weighted by atomic mass is 35.7. The summed E-state index contributed by atoms with van der Waals surface area (Å²) in [5, 5.41) is 2.97. The standard InChI is InChI=1S/C13H18ClN3O3S/c1-16-8-11(21(14,19)20)6-12(16)13(18)15-9-4-5-17(7-9)10-2-3-10/h6,8-10H,2-5,7H2,1H3,(H,15,18). The van der Waals surface area contributed by atoms with Crippen LogP contribution in [0.4, 0.5) is 0 Å². The van der Waals surface area contributed by atoms with Crippen molar-refractivity contribution in [2.24, 2.45) is 7.05 Å². The number of hydrogen-bond donors (Lipinski definition) is 1. The third-order valence-electron chi connectivity index (χ3n) is 4.11. The Morgan fingerprint density at radius 1 is 1.38 bits per heavy atom. The Morgan fingerprint density at radius 3 is 2.67 bits per heavy atom. The molecule has 0 bridgehead atoms.